The molecule has 0 heterocycles. The molecule has 0 spiro atoms. The number of fused-ring (bicyclic) bond motifs is 1. The molecule has 0 saturated heterocycles. The normalized spacial score (nSPS) is 33.4. The van der Waals surface area contributed by atoms with Crippen LogP contribution in [-0.2, 0) is 0 Å². The fourth-order valence-electron chi connectivity index (χ4n) is 6.31. The first-order valence-electron chi connectivity index (χ1n) is 10.5. The molecule has 2 fully saturated rings. The number of nitrogens with one attached hydrogen (secondary N) is 2. The van der Waals surface area contributed by atoms with E-state index in [1.807, 2.05) is 6.92 Å². The van der Waals surface area contributed by atoms with Crippen LogP contribution in [0.25, 0.3) is 0 Å². The highest BCUT2D eigenvalue weighted by molar-refractivity contribution is 5.99. The minimum atomic E-state index is -0.316. The van der Waals surface area contributed by atoms with Gasteiger partial charge in [0.2, 0.25) is 0 Å². The Bertz CT molecular complexity index is 786. The van der Waals surface area contributed by atoms with E-state index in [0.29, 0.717) is 5.56 Å². The van der Waals surface area contributed by atoms with Crippen LogP contribution in [-0.4, -0.2) is 35.1 Å². The number of ketones is 1. The summed E-state index contributed by atoms with van der Waals surface area (Å²) in [5.74, 6) is -0.423. The number of hydrogen-bond acceptors (Lipinski definition) is 4. The van der Waals surface area contributed by atoms with Gasteiger partial charge in [0.25, 0.3) is 0 Å². The Morgan fingerprint density at radius 3 is 2.28 bits per heavy atom. The number of phenolic OH excluding ortho intramolecular Hbond substituents is 2. The molecule has 0 unspecified atom stereocenters. The third-order valence-corrected chi connectivity index (χ3v) is 7.65. The van der Waals surface area contributed by atoms with E-state index in [1.54, 1.807) is 7.05 Å². The summed E-state index contributed by atoms with van der Waals surface area (Å²) in [6.45, 7) is 8.79. The van der Waals surface area contributed by atoms with Crippen molar-refractivity contribution in [1.29, 1.82) is 0 Å². The van der Waals surface area contributed by atoms with Crippen molar-refractivity contribution < 1.29 is 19.8 Å². The Morgan fingerprint density at radius 1 is 1.07 bits per heavy atom. The van der Waals surface area contributed by atoms with Crippen molar-refractivity contribution in [2.75, 3.05) is 7.05 Å². The van der Waals surface area contributed by atoms with E-state index >= 15 is 0 Å². The van der Waals surface area contributed by atoms with Crippen LogP contribution in [0.2, 0.25) is 0 Å². The second-order valence-corrected chi connectivity index (χ2v) is 9.91. The largest absolute Gasteiger partial charge is 0.508 e. The van der Waals surface area contributed by atoms with Crippen LogP contribution in [0, 0.1) is 28.6 Å². The van der Waals surface area contributed by atoms with Crippen molar-refractivity contribution in [2.24, 2.45) is 28.6 Å². The van der Waals surface area contributed by atoms with E-state index in [-0.39, 0.29) is 57.9 Å². The van der Waals surface area contributed by atoms with Crippen LogP contribution in [0.1, 0.15) is 63.7 Å². The zero-order valence-electron chi connectivity index (χ0n) is 18.1. The van der Waals surface area contributed by atoms with Gasteiger partial charge in [-0.1, -0.05) is 34.1 Å². The zero-order chi connectivity index (χ0) is 21.6. The molecule has 6 nitrogen and oxygen atoms in total. The van der Waals surface area contributed by atoms with Crippen molar-refractivity contribution in [3.05, 3.63) is 23.8 Å². The summed E-state index contributed by atoms with van der Waals surface area (Å²) in [4.78, 5) is 25.8. The fraction of sp³-hybridized carbons (Fsp3) is 0.652. The standard InChI is InChI=1S/C23H34N2O4/c1-13-17(25-21(29)24-5)12-18-22(2,3)7-6-8-23(18,4)19(13)20(28)14-9-15(26)11-16(27)10-14/h9-11,13,17-19,26-27H,6-8,12H2,1-5H3,(H2,24,25,29)/t13-,17-,18+,19-,23+/m1/s1. The first kappa shape index (κ1) is 21.5. The lowest BCUT2D eigenvalue weighted by atomic mass is 9.45. The quantitative estimate of drug-likeness (QED) is 0.573. The molecule has 2 amide bonds. The summed E-state index contributed by atoms with van der Waals surface area (Å²) >= 11 is 0. The van der Waals surface area contributed by atoms with Gasteiger partial charge in [-0.25, -0.2) is 4.79 Å². The molecule has 0 radical (unpaired) electrons. The Hall–Kier alpha value is -2.24. The van der Waals surface area contributed by atoms with E-state index in [0.717, 1.165) is 25.7 Å². The maximum absolute atomic E-state index is 13.7. The number of amides is 2. The van der Waals surface area contributed by atoms with Crippen LogP contribution >= 0.6 is 0 Å². The van der Waals surface area contributed by atoms with Crippen molar-refractivity contribution >= 4 is 11.8 Å². The van der Waals surface area contributed by atoms with Gasteiger partial charge in [0, 0.05) is 30.6 Å². The van der Waals surface area contributed by atoms with E-state index in [2.05, 4.69) is 31.4 Å². The molecule has 5 atom stereocenters. The van der Waals surface area contributed by atoms with E-state index in [1.165, 1.54) is 18.2 Å². The summed E-state index contributed by atoms with van der Waals surface area (Å²) in [6.07, 6.45) is 3.96. The highest BCUT2D eigenvalue weighted by Crippen LogP contribution is 2.61. The molecule has 29 heavy (non-hydrogen) atoms. The maximum atomic E-state index is 13.7. The van der Waals surface area contributed by atoms with Gasteiger partial charge < -0.3 is 20.8 Å². The molecule has 0 aliphatic heterocycles. The Kier molecular flexibility index (Phi) is 5.58. The monoisotopic (exact) mass is 402 g/mol. The molecule has 3 rings (SSSR count). The molecular weight excluding hydrogens is 368 g/mol. The first-order valence-corrected chi connectivity index (χ1v) is 10.5. The number of Topliss-reactive ketones (excluding diaryl/α,β-unsaturated/α-hetero) is 1. The van der Waals surface area contributed by atoms with Crippen LogP contribution in [0.15, 0.2) is 18.2 Å². The minimum Gasteiger partial charge on any atom is -0.508 e. The van der Waals surface area contributed by atoms with Gasteiger partial charge in [-0.15, -0.1) is 0 Å². The number of urea groups is 1. The van der Waals surface area contributed by atoms with Crippen LogP contribution in [0.4, 0.5) is 4.79 Å². The Morgan fingerprint density at radius 2 is 1.69 bits per heavy atom. The number of phenols is 2. The van der Waals surface area contributed by atoms with Gasteiger partial charge in [-0.2, -0.15) is 0 Å². The highest BCUT2D eigenvalue weighted by Gasteiger charge is 2.58. The average Bonchev–Trinajstić information content (AvgIpc) is 2.61. The number of hydrogen-bond donors (Lipinski definition) is 4. The zero-order valence-corrected chi connectivity index (χ0v) is 18.1. The van der Waals surface area contributed by atoms with Crippen molar-refractivity contribution in [3.8, 4) is 11.5 Å². The van der Waals surface area contributed by atoms with Gasteiger partial charge >= 0.3 is 6.03 Å². The van der Waals surface area contributed by atoms with Crippen LogP contribution < -0.4 is 10.6 Å². The molecule has 0 aromatic heterocycles. The van der Waals surface area contributed by atoms with E-state index in [9.17, 15) is 19.8 Å². The summed E-state index contributed by atoms with van der Waals surface area (Å²) in [7, 11) is 1.59. The lowest BCUT2D eigenvalue weighted by Gasteiger charge is -2.60. The van der Waals surface area contributed by atoms with Gasteiger partial charge in [-0.3, -0.25) is 4.79 Å². The molecule has 6 heteroatoms. The van der Waals surface area contributed by atoms with Crippen LogP contribution in [0.5, 0.6) is 11.5 Å². The summed E-state index contributed by atoms with van der Waals surface area (Å²) in [6, 6.07) is 3.73. The Balaban J connectivity index is 2.06. The van der Waals surface area contributed by atoms with Gasteiger partial charge in [0.1, 0.15) is 11.5 Å². The molecule has 2 saturated carbocycles. The minimum absolute atomic E-state index is 0.0647. The number of benzene rings is 1. The van der Waals surface area contributed by atoms with Crippen molar-refractivity contribution in [2.45, 2.75) is 59.4 Å². The fourth-order valence-corrected chi connectivity index (χ4v) is 6.31. The number of aromatic hydroxyl groups is 2. The molecule has 4 N–H and O–H groups in total. The molecular formula is C23H34N2O4. The highest BCUT2D eigenvalue weighted by atomic mass is 16.3. The summed E-state index contributed by atoms with van der Waals surface area (Å²) in [5.41, 5.74) is 0.179. The number of carbonyl (C=O) groups excluding carboxylic acids is 2. The van der Waals surface area contributed by atoms with E-state index < -0.39 is 0 Å². The van der Waals surface area contributed by atoms with Gasteiger partial charge in [0.15, 0.2) is 5.78 Å². The first-order chi connectivity index (χ1) is 13.5. The molecule has 0 bridgehead atoms. The van der Waals surface area contributed by atoms with E-state index in [4.69, 9.17) is 0 Å². The Labute approximate surface area is 173 Å². The molecule has 1 aromatic carbocycles. The van der Waals surface area contributed by atoms with Crippen LogP contribution in [0.3, 0.4) is 0 Å². The number of rotatable bonds is 3. The molecule has 2 aliphatic rings. The predicted molar refractivity (Wildman–Crippen MR) is 112 cm³/mol. The summed E-state index contributed by atoms with van der Waals surface area (Å²) < 4.78 is 0. The number of carbonyl (C=O) groups is 2. The summed E-state index contributed by atoms with van der Waals surface area (Å²) in [5, 5.41) is 25.5. The van der Waals surface area contributed by atoms with Gasteiger partial charge in [0.05, 0.1) is 0 Å². The molecule has 1 aromatic rings. The second kappa shape index (κ2) is 7.54. The molecule has 2 aliphatic carbocycles. The smallest absolute Gasteiger partial charge is 0.314 e. The SMILES string of the molecule is CNC(=O)N[C@@H]1C[C@H]2C(C)(C)CCC[C@]2(C)[C@@H](C(=O)c2cc(O)cc(O)c2)[C@@H]1C. The topological polar surface area (TPSA) is 98.7 Å². The third kappa shape index (κ3) is 3.81. The maximum Gasteiger partial charge on any atom is 0.314 e. The van der Waals surface area contributed by atoms with Gasteiger partial charge in [-0.05, 0) is 54.1 Å². The lowest BCUT2D eigenvalue weighted by molar-refractivity contribution is -0.0898. The average molecular weight is 403 g/mol. The third-order valence-electron chi connectivity index (χ3n) is 7.65. The lowest BCUT2D eigenvalue weighted by Crippen LogP contribution is -2.61. The predicted octanol–water partition coefficient (Wildman–Crippen LogP) is 4.07. The van der Waals surface area contributed by atoms with Crippen molar-refractivity contribution in [1.82, 2.24) is 10.6 Å². The molecule has 160 valence electrons. The van der Waals surface area contributed by atoms with Crippen molar-refractivity contribution in [3.63, 3.8) is 0 Å². The second-order valence-electron chi connectivity index (χ2n) is 9.91.